The smallest absolute Gasteiger partial charge is 0.416 e. The van der Waals surface area contributed by atoms with Crippen molar-refractivity contribution in [3.05, 3.63) is 64.9 Å². The number of carbonyl (C=O) groups is 1. The molecule has 0 aromatic heterocycles. The number of para-hydroxylation sites is 2. The van der Waals surface area contributed by atoms with E-state index in [4.69, 9.17) is 11.6 Å². The number of quaternary nitrogens is 1. The van der Waals surface area contributed by atoms with Crippen LogP contribution in [-0.4, -0.2) is 11.4 Å². The molecule has 0 spiro atoms. The molecule has 0 aliphatic carbocycles. The Morgan fingerprint density at radius 3 is 2.31 bits per heavy atom. The van der Waals surface area contributed by atoms with Gasteiger partial charge in [0.15, 0.2) is 0 Å². The van der Waals surface area contributed by atoms with Gasteiger partial charge >= 0.3 is 12.1 Å². The molecule has 2 aliphatic rings. The van der Waals surface area contributed by atoms with Gasteiger partial charge in [0, 0.05) is 0 Å². The van der Waals surface area contributed by atoms with E-state index in [1.807, 2.05) is 24.3 Å². The normalized spacial score (nSPS) is 16.1. The van der Waals surface area contributed by atoms with Crippen molar-refractivity contribution in [2.24, 2.45) is 0 Å². The number of rotatable bonds is 1. The molecular formula is C16H12ClF3N4O2. The second-order valence-electron chi connectivity index (χ2n) is 5.51. The molecule has 1 saturated heterocycles. The number of amides is 1. The van der Waals surface area contributed by atoms with Crippen molar-refractivity contribution in [2.75, 3.05) is 15.3 Å². The quantitative estimate of drug-likeness (QED) is 0.450. The van der Waals surface area contributed by atoms with Crippen LogP contribution in [0.1, 0.15) is 5.56 Å². The van der Waals surface area contributed by atoms with E-state index in [1.165, 1.54) is 22.7 Å². The molecule has 10 heteroatoms. The summed E-state index contributed by atoms with van der Waals surface area (Å²) in [5, 5.41) is 6.00. The molecule has 0 saturated carbocycles. The number of hydrogen-bond acceptors (Lipinski definition) is 4. The third-order valence-corrected chi connectivity index (χ3v) is 4.26. The minimum absolute atomic E-state index is 0. The first-order valence-corrected chi connectivity index (χ1v) is 7.65. The number of benzene rings is 2. The topological polar surface area (TPSA) is 82.2 Å². The summed E-state index contributed by atoms with van der Waals surface area (Å²) in [6.07, 6.45) is -4.43. The second kappa shape index (κ2) is 6.20. The Morgan fingerprint density at radius 1 is 1.00 bits per heavy atom. The molecule has 1 fully saturated rings. The predicted molar refractivity (Wildman–Crippen MR) is 88.2 cm³/mol. The number of halogens is 4. The molecule has 2 aliphatic heterocycles. The Bertz CT molecular complexity index is 899. The average Bonchev–Trinajstić information content (AvgIpc) is 2.93. The third-order valence-electron chi connectivity index (χ3n) is 3.98. The van der Waals surface area contributed by atoms with Gasteiger partial charge in [-0.05, 0) is 36.4 Å². The van der Waals surface area contributed by atoms with Crippen LogP contribution in [0, 0.1) is 0 Å². The van der Waals surface area contributed by atoms with Crippen LogP contribution in [0.25, 0.3) is 0 Å². The highest BCUT2D eigenvalue weighted by atomic mass is 35.5. The van der Waals surface area contributed by atoms with Gasteiger partial charge in [-0.15, -0.1) is 10.5 Å². The van der Waals surface area contributed by atoms with Crippen molar-refractivity contribution in [1.29, 1.82) is 0 Å². The number of alkyl halides is 3. The van der Waals surface area contributed by atoms with Crippen LogP contribution in [0.4, 0.5) is 30.2 Å². The van der Waals surface area contributed by atoms with Crippen molar-refractivity contribution >= 4 is 34.6 Å². The summed E-state index contributed by atoms with van der Waals surface area (Å²) >= 11 is 6.19. The van der Waals surface area contributed by atoms with Crippen LogP contribution in [0.15, 0.2) is 59.4 Å². The van der Waals surface area contributed by atoms with Gasteiger partial charge in [-0.1, -0.05) is 23.7 Å². The monoisotopic (exact) mass is 384 g/mol. The Hall–Kier alpha value is -2.75. The molecule has 2 aromatic rings. The number of nitrogens with one attached hydrogen (secondary N) is 1. The van der Waals surface area contributed by atoms with Gasteiger partial charge in [-0.25, -0.2) is 0 Å². The molecule has 6 nitrogen and oxygen atoms in total. The highest BCUT2D eigenvalue weighted by Crippen LogP contribution is 2.37. The lowest BCUT2D eigenvalue weighted by molar-refractivity contribution is -0.653. The summed E-state index contributed by atoms with van der Waals surface area (Å²) in [7, 11) is 0. The SMILES string of the molecule is O=C1C2=C(Cl)Nc3ccccc3N2[NH2+]N1c1ccc(C(F)(F)F)cc1.[OH-]. The molecule has 2 heterocycles. The van der Waals surface area contributed by atoms with Gasteiger partial charge in [-0.2, -0.15) is 18.2 Å². The average molecular weight is 385 g/mol. The van der Waals surface area contributed by atoms with Crippen LogP contribution >= 0.6 is 11.6 Å². The molecule has 136 valence electrons. The minimum atomic E-state index is -4.43. The first-order chi connectivity index (χ1) is 11.9. The number of hydrogen-bond donors (Lipinski definition) is 2. The lowest BCUT2D eigenvalue weighted by atomic mass is 10.2. The van der Waals surface area contributed by atoms with Crippen LogP contribution in [0.5, 0.6) is 0 Å². The molecule has 0 bridgehead atoms. The Morgan fingerprint density at radius 2 is 1.65 bits per heavy atom. The summed E-state index contributed by atoms with van der Waals surface area (Å²) in [6, 6.07) is 11.7. The number of nitrogens with two attached hydrogens (primary N) is 1. The summed E-state index contributed by atoms with van der Waals surface area (Å²) in [6.45, 7) is 0. The van der Waals surface area contributed by atoms with Gasteiger partial charge < -0.3 is 10.8 Å². The van der Waals surface area contributed by atoms with E-state index in [-0.39, 0.29) is 16.3 Å². The van der Waals surface area contributed by atoms with E-state index in [0.717, 1.165) is 23.5 Å². The molecule has 0 atom stereocenters. The van der Waals surface area contributed by atoms with Crippen LogP contribution in [-0.2, 0) is 11.0 Å². The Labute approximate surface area is 150 Å². The maximum atomic E-state index is 12.7. The molecule has 4 rings (SSSR count). The molecule has 4 N–H and O–H groups in total. The summed E-state index contributed by atoms with van der Waals surface area (Å²) < 4.78 is 38.1. The lowest BCUT2D eigenvalue weighted by Crippen LogP contribution is -2.98. The fraction of sp³-hybridized carbons (Fsp3) is 0.0625. The third kappa shape index (κ3) is 2.75. The second-order valence-corrected chi connectivity index (χ2v) is 5.89. The lowest BCUT2D eigenvalue weighted by Gasteiger charge is -2.23. The van der Waals surface area contributed by atoms with Gasteiger partial charge in [0.1, 0.15) is 16.5 Å². The molecule has 2 aromatic carbocycles. The highest BCUT2D eigenvalue weighted by molar-refractivity contribution is 6.35. The van der Waals surface area contributed by atoms with Gasteiger partial charge in [0.05, 0.1) is 11.3 Å². The number of anilines is 3. The van der Waals surface area contributed by atoms with Crippen LogP contribution < -0.4 is 20.9 Å². The first kappa shape index (κ1) is 18.1. The van der Waals surface area contributed by atoms with Crippen molar-refractivity contribution < 1.29 is 29.0 Å². The standard InChI is InChI=1S/C16H10ClF3N4O.H2O/c17-14-13-15(25)23(10-7-5-9(6-8-10)16(18,19)20)22-24(13)12-4-2-1-3-11(12)21-14;/h1-8,21-22H;1H2. The van der Waals surface area contributed by atoms with E-state index < -0.39 is 17.6 Å². The molecule has 0 unspecified atom stereocenters. The van der Waals surface area contributed by atoms with E-state index in [0.29, 0.717) is 5.69 Å². The molecule has 26 heavy (non-hydrogen) atoms. The maximum absolute atomic E-state index is 12.7. The zero-order valence-electron chi connectivity index (χ0n) is 13.0. The fourth-order valence-corrected chi connectivity index (χ4v) is 3.06. The molecule has 1 amide bonds. The number of fused-ring (bicyclic) bond motifs is 3. The van der Waals surface area contributed by atoms with E-state index >= 15 is 0 Å². The van der Waals surface area contributed by atoms with E-state index in [1.54, 1.807) is 5.01 Å². The predicted octanol–water partition coefficient (Wildman–Crippen LogP) is 2.61. The van der Waals surface area contributed by atoms with Gasteiger partial charge in [-0.3, -0.25) is 4.79 Å². The zero-order chi connectivity index (χ0) is 17.8. The largest absolute Gasteiger partial charge is 0.870 e. The van der Waals surface area contributed by atoms with Crippen molar-refractivity contribution in [1.82, 2.24) is 0 Å². The molecule has 0 radical (unpaired) electrons. The van der Waals surface area contributed by atoms with Crippen molar-refractivity contribution in [2.45, 2.75) is 6.18 Å². The summed E-state index contributed by atoms with van der Waals surface area (Å²) in [4.78, 5) is 12.7. The Balaban J connectivity index is 0.00000196. The molecular weight excluding hydrogens is 373 g/mol. The number of carbonyl (C=O) groups excluding carboxylic acids is 1. The van der Waals surface area contributed by atoms with Gasteiger partial charge in [0.25, 0.3) is 0 Å². The van der Waals surface area contributed by atoms with E-state index in [9.17, 15) is 18.0 Å². The fourth-order valence-electron chi connectivity index (χ4n) is 2.79. The minimum Gasteiger partial charge on any atom is -0.870 e. The first-order valence-electron chi connectivity index (χ1n) is 7.27. The van der Waals surface area contributed by atoms with Crippen molar-refractivity contribution in [3.63, 3.8) is 0 Å². The van der Waals surface area contributed by atoms with Crippen molar-refractivity contribution in [3.8, 4) is 0 Å². The summed E-state index contributed by atoms with van der Waals surface area (Å²) in [5.41, 5.74) is 2.74. The van der Waals surface area contributed by atoms with Crippen LogP contribution in [0.3, 0.4) is 0 Å². The Kier molecular flexibility index (Phi) is 4.31. The number of nitrogens with zero attached hydrogens (tertiary/aromatic N) is 2. The highest BCUT2D eigenvalue weighted by Gasteiger charge is 2.44. The van der Waals surface area contributed by atoms with Crippen LogP contribution in [0.2, 0.25) is 0 Å². The zero-order valence-corrected chi connectivity index (χ0v) is 13.7. The maximum Gasteiger partial charge on any atom is 0.416 e. The van der Waals surface area contributed by atoms with E-state index in [2.05, 4.69) is 5.32 Å². The summed E-state index contributed by atoms with van der Waals surface area (Å²) in [5.74, 6) is -0.424. The van der Waals surface area contributed by atoms with Gasteiger partial charge in [0.2, 0.25) is 5.70 Å².